The van der Waals surface area contributed by atoms with Crippen molar-refractivity contribution in [1.82, 2.24) is 4.90 Å². The number of nitrogens with one attached hydrogen (secondary N) is 1. The topological polar surface area (TPSA) is 66.5 Å². The van der Waals surface area contributed by atoms with Gasteiger partial charge in [-0.25, -0.2) is 0 Å². The van der Waals surface area contributed by atoms with Gasteiger partial charge in [-0.1, -0.05) is 46.3 Å². The zero-order valence-corrected chi connectivity index (χ0v) is 19.2. The van der Waals surface area contributed by atoms with Gasteiger partial charge in [-0.3, -0.25) is 19.3 Å². The highest BCUT2D eigenvalue weighted by molar-refractivity contribution is 9.10. The van der Waals surface area contributed by atoms with Gasteiger partial charge in [-0.2, -0.15) is 0 Å². The minimum Gasteiger partial charge on any atom is -0.325 e. The molecular weight excluding hydrogens is 456 g/mol. The molecule has 5 atom stereocenters. The zero-order chi connectivity index (χ0) is 21.9. The van der Waals surface area contributed by atoms with Gasteiger partial charge in [0, 0.05) is 10.2 Å². The number of anilines is 1. The number of benzene rings is 2. The molecular formula is C25H25BrN2O3. The van der Waals surface area contributed by atoms with Crippen LogP contribution in [-0.4, -0.2) is 29.2 Å². The summed E-state index contributed by atoms with van der Waals surface area (Å²) in [5, 5.41) is 2.85. The fraction of sp³-hybridized carbons (Fsp3) is 0.400. The van der Waals surface area contributed by atoms with Gasteiger partial charge in [-0.15, -0.1) is 0 Å². The molecule has 0 unspecified atom stereocenters. The van der Waals surface area contributed by atoms with Crippen LogP contribution in [0.5, 0.6) is 0 Å². The maximum absolute atomic E-state index is 13.2. The molecule has 31 heavy (non-hydrogen) atoms. The van der Waals surface area contributed by atoms with Crippen molar-refractivity contribution in [3.8, 4) is 0 Å². The van der Waals surface area contributed by atoms with E-state index >= 15 is 0 Å². The number of rotatable bonds is 4. The highest BCUT2D eigenvalue weighted by Gasteiger charge is 2.63. The second kappa shape index (κ2) is 7.59. The van der Waals surface area contributed by atoms with E-state index in [1.54, 1.807) is 0 Å². The molecule has 6 heteroatoms. The Morgan fingerprint density at radius 3 is 2.35 bits per heavy atom. The van der Waals surface area contributed by atoms with Gasteiger partial charge in [0.05, 0.1) is 11.8 Å². The summed E-state index contributed by atoms with van der Waals surface area (Å²) >= 11 is 3.52. The van der Waals surface area contributed by atoms with Gasteiger partial charge < -0.3 is 5.32 Å². The number of aryl methyl sites for hydroxylation is 2. The summed E-state index contributed by atoms with van der Waals surface area (Å²) in [7, 11) is 0. The molecule has 1 saturated heterocycles. The number of amides is 3. The van der Waals surface area contributed by atoms with E-state index in [9.17, 15) is 14.4 Å². The first kappa shape index (κ1) is 20.4. The summed E-state index contributed by atoms with van der Waals surface area (Å²) in [6.45, 7) is 3.70. The van der Waals surface area contributed by atoms with Gasteiger partial charge >= 0.3 is 0 Å². The third-order valence-corrected chi connectivity index (χ3v) is 8.61. The Morgan fingerprint density at radius 2 is 1.68 bits per heavy atom. The van der Waals surface area contributed by atoms with E-state index in [4.69, 9.17) is 0 Å². The Kier molecular flexibility index (Phi) is 5.00. The maximum Gasteiger partial charge on any atom is 0.244 e. The number of halogens is 1. The third-order valence-electron chi connectivity index (χ3n) is 7.36. The highest BCUT2D eigenvalue weighted by Crippen LogP contribution is 2.61. The van der Waals surface area contributed by atoms with Gasteiger partial charge in [0.15, 0.2) is 0 Å². The maximum atomic E-state index is 13.2. The van der Waals surface area contributed by atoms with Gasteiger partial charge in [0.25, 0.3) is 0 Å². The van der Waals surface area contributed by atoms with Gasteiger partial charge in [0.2, 0.25) is 17.7 Å². The average molecular weight is 481 g/mol. The van der Waals surface area contributed by atoms with Crippen LogP contribution in [-0.2, 0) is 14.4 Å². The third kappa shape index (κ3) is 3.32. The molecule has 1 N–H and O–H groups in total. The van der Waals surface area contributed by atoms with Crippen LogP contribution in [0, 0.1) is 37.5 Å². The van der Waals surface area contributed by atoms with Crippen LogP contribution < -0.4 is 5.32 Å². The highest BCUT2D eigenvalue weighted by atomic mass is 79.9. The standard InChI is InChI=1S/C25H25BrN2O3/c1-13-8-17(9-14(2)23(13)26)27-20(29)12-28-24(30)21-16-10-18(15-6-4-3-5-7-15)19(11-16)22(21)25(28)31/h3-9,16,18-19,21-22H,10-12H2,1-2H3,(H,27,29)/t16-,18-,19+,21+,22+/m0/s1. The SMILES string of the molecule is Cc1cc(NC(=O)CN2C(=O)[C@@H]3[C@@H]4C[C@@H]([C@H]3C2=O)[C@H](c2ccccc2)C4)cc(C)c1Br. The molecule has 160 valence electrons. The van der Waals surface area contributed by atoms with Crippen molar-refractivity contribution in [2.24, 2.45) is 23.7 Å². The average Bonchev–Trinajstić information content (AvgIpc) is 3.40. The molecule has 2 saturated carbocycles. The number of carbonyl (C=O) groups excluding carboxylic acids is 3. The van der Waals surface area contributed by atoms with Crippen molar-refractivity contribution in [3.05, 3.63) is 63.6 Å². The van der Waals surface area contributed by atoms with E-state index in [0.29, 0.717) is 11.6 Å². The Labute approximate surface area is 190 Å². The molecule has 2 bridgehead atoms. The molecule has 3 fully saturated rings. The predicted molar refractivity (Wildman–Crippen MR) is 121 cm³/mol. The first-order valence-corrected chi connectivity index (χ1v) is 11.6. The van der Waals surface area contributed by atoms with Crippen LogP contribution in [0.3, 0.4) is 0 Å². The Balaban J connectivity index is 1.31. The Morgan fingerprint density at radius 1 is 1.03 bits per heavy atom. The van der Waals surface area contributed by atoms with Crippen molar-refractivity contribution < 1.29 is 14.4 Å². The van der Waals surface area contributed by atoms with Crippen LogP contribution in [0.25, 0.3) is 0 Å². The molecule has 0 aromatic heterocycles. The lowest BCUT2D eigenvalue weighted by molar-refractivity contribution is -0.143. The number of carbonyl (C=O) groups is 3. The summed E-state index contributed by atoms with van der Waals surface area (Å²) in [6, 6.07) is 14.1. The Bertz CT molecular complexity index is 1060. The largest absolute Gasteiger partial charge is 0.325 e. The van der Waals surface area contributed by atoms with Crippen LogP contribution in [0.15, 0.2) is 46.9 Å². The predicted octanol–water partition coefficient (Wildman–Crippen LogP) is 4.43. The van der Waals surface area contributed by atoms with Crippen molar-refractivity contribution >= 4 is 39.3 Å². The number of imide groups is 1. The van der Waals surface area contributed by atoms with Crippen molar-refractivity contribution in [2.75, 3.05) is 11.9 Å². The minimum absolute atomic E-state index is 0.160. The lowest BCUT2D eigenvalue weighted by Gasteiger charge is -2.28. The van der Waals surface area contributed by atoms with Crippen LogP contribution in [0.4, 0.5) is 5.69 Å². The molecule has 2 aliphatic carbocycles. The first-order valence-electron chi connectivity index (χ1n) is 10.8. The molecule has 2 aromatic rings. The molecule has 1 heterocycles. The smallest absolute Gasteiger partial charge is 0.244 e. The van der Waals surface area contributed by atoms with E-state index in [1.165, 1.54) is 10.5 Å². The van der Waals surface area contributed by atoms with E-state index < -0.39 is 0 Å². The van der Waals surface area contributed by atoms with Crippen LogP contribution >= 0.6 is 15.9 Å². The summed E-state index contributed by atoms with van der Waals surface area (Å²) in [5.41, 5.74) is 3.96. The molecule has 3 aliphatic rings. The molecule has 0 radical (unpaired) electrons. The van der Waals surface area contributed by atoms with Crippen molar-refractivity contribution in [1.29, 1.82) is 0 Å². The first-order chi connectivity index (χ1) is 14.8. The number of fused-ring (bicyclic) bond motifs is 5. The normalized spacial score (nSPS) is 28.9. The van der Waals surface area contributed by atoms with Crippen molar-refractivity contribution in [3.63, 3.8) is 0 Å². The summed E-state index contributed by atoms with van der Waals surface area (Å²) in [4.78, 5) is 40.2. The number of hydrogen-bond acceptors (Lipinski definition) is 3. The van der Waals surface area contributed by atoms with Crippen LogP contribution in [0.1, 0.15) is 35.4 Å². The minimum atomic E-state index is -0.338. The van der Waals surface area contributed by atoms with Gasteiger partial charge in [0.1, 0.15) is 6.54 Å². The van der Waals surface area contributed by atoms with Gasteiger partial charge in [-0.05, 0) is 73.3 Å². The zero-order valence-electron chi connectivity index (χ0n) is 17.6. The number of likely N-dealkylation sites (tertiary alicyclic amines) is 1. The molecule has 5 rings (SSSR count). The molecule has 3 amide bonds. The second-order valence-corrected chi connectivity index (χ2v) is 9.99. The molecule has 2 aromatic carbocycles. The molecule has 1 aliphatic heterocycles. The van der Waals surface area contributed by atoms with E-state index in [1.807, 2.05) is 44.2 Å². The van der Waals surface area contributed by atoms with Crippen LogP contribution in [0.2, 0.25) is 0 Å². The summed E-state index contributed by atoms with van der Waals surface area (Å²) in [6.07, 6.45) is 1.89. The second-order valence-electron chi connectivity index (χ2n) is 9.20. The van der Waals surface area contributed by atoms with E-state index in [-0.39, 0.29) is 47.9 Å². The lowest BCUT2D eigenvalue weighted by Crippen LogP contribution is -2.39. The molecule has 5 nitrogen and oxygen atoms in total. The molecule has 0 spiro atoms. The lowest BCUT2D eigenvalue weighted by atomic mass is 9.73. The summed E-state index contributed by atoms with van der Waals surface area (Å²) in [5.74, 6) is -0.431. The van der Waals surface area contributed by atoms with Crippen molar-refractivity contribution in [2.45, 2.75) is 32.6 Å². The van der Waals surface area contributed by atoms with E-state index in [2.05, 4.69) is 33.4 Å². The summed E-state index contributed by atoms with van der Waals surface area (Å²) < 4.78 is 1.01. The quantitative estimate of drug-likeness (QED) is 0.658. The fourth-order valence-electron chi connectivity index (χ4n) is 6.12. The Hall–Kier alpha value is -2.47. The van der Waals surface area contributed by atoms with E-state index in [0.717, 1.165) is 28.4 Å². The monoisotopic (exact) mass is 480 g/mol. The number of nitrogens with zero attached hydrogens (tertiary/aromatic N) is 1. The fourth-order valence-corrected chi connectivity index (χ4v) is 6.35. The number of hydrogen-bond donors (Lipinski definition) is 1.